The second-order valence-corrected chi connectivity index (χ2v) is 5.24. The molecule has 82 valence electrons. The molecular weight excluding hydrogens is 291 g/mol. The van der Waals surface area contributed by atoms with E-state index in [9.17, 15) is 0 Å². The molecule has 2 aliphatic rings. The molecule has 0 spiro atoms. The summed E-state index contributed by atoms with van der Waals surface area (Å²) in [5.74, 6) is 0. The highest BCUT2D eigenvalue weighted by Gasteiger charge is 2.35. The van der Waals surface area contributed by atoms with Gasteiger partial charge in [-0.3, -0.25) is 0 Å². The van der Waals surface area contributed by atoms with Gasteiger partial charge in [-0.1, -0.05) is 41.9 Å². The summed E-state index contributed by atoms with van der Waals surface area (Å²) >= 11 is 2.48. The van der Waals surface area contributed by atoms with E-state index in [0.717, 1.165) is 24.1 Å². The third-order valence-corrected chi connectivity index (χ3v) is 4.70. The molecule has 1 atom stereocenters. The van der Waals surface area contributed by atoms with Crippen LogP contribution in [0.3, 0.4) is 0 Å². The van der Waals surface area contributed by atoms with E-state index in [4.69, 9.17) is 9.47 Å². The van der Waals surface area contributed by atoms with Crippen molar-refractivity contribution in [2.45, 2.75) is 50.2 Å². The Hall–Kier alpha value is 0.650. The van der Waals surface area contributed by atoms with Gasteiger partial charge in [0.2, 0.25) is 0 Å². The first kappa shape index (κ1) is 11.1. The SMILES string of the molecule is ICC1(OC2CCOC2)CCCCC1. The normalized spacial score (nSPS) is 31.9. The van der Waals surface area contributed by atoms with Crippen molar-refractivity contribution in [2.75, 3.05) is 17.6 Å². The molecule has 1 saturated heterocycles. The molecule has 0 aromatic heterocycles. The zero-order valence-corrected chi connectivity index (χ0v) is 10.8. The van der Waals surface area contributed by atoms with Gasteiger partial charge in [-0.15, -0.1) is 0 Å². The first-order valence-electron chi connectivity index (χ1n) is 5.66. The van der Waals surface area contributed by atoms with Gasteiger partial charge in [0.05, 0.1) is 18.3 Å². The molecule has 0 N–H and O–H groups in total. The van der Waals surface area contributed by atoms with E-state index in [-0.39, 0.29) is 5.60 Å². The summed E-state index contributed by atoms with van der Waals surface area (Å²) in [5, 5.41) is 0. The van der Waals surface area contributed by atoms with E-state index < -0.39 is 0 Å². The van der Waals surface area contributed by atoms with E-state index in [2.05, 4.69) is 22.6 Å². The number of hydrogen-bond acceptors (Lipinski definition) is 2. The van der Waals surface area contributed by atoms with Crippen molar-refractivity contribution in [3.8, 4) is 0 Å². The second-order valence-electron chi connectivity index (χ2n) is 4.48. The molecule has 1 heterocycles. The van der Waals surface area contributed by atoms with Gasteiger partial charge in [-0.05, 0) is 19.3 Å². The summed E-state index contributed by atoms with van der Waals surface area (Å²) in [4.78, 5) is 0. The van der Waals surface area contributed by atoms with Gasteiger partial charge in [0.1, 0.15) is 0 Å². The average molecular weight is 310 g/mol. The van der Waals surface area contributed by atoms with Gasteiger partial charge in [0.25, 0.3) is 0 Å². The van der Waals surface area contributed by atoms with Crippen LogP contribution in [0.4, 0.5) is 0 Å². The zero-order valence-electron chi connectivity index (χ0n) is 8.64. The Balaban J connectivity index is 1.89. The van der Waals surface area contributed by atoms with Crippen molar-refractivity contribution in [3.05, 3.63) is 0 Å². The molecule has 3 heteroatoms. The zero-order chi connectivity index (χ0) is 9.86. The lowest BCUT2D eigenvalue weighted by atomic mass is 9.86. The maximum atomic E-state index is 6.26. The minimum atomic E-state index is 0.192. The predicted molar refractivity (Wildman–Crippen MR) is 65.0 cm³/mol. The fraction of sp³-hybridized carbons (Fsp3) is 1.00. The summed E-state index contributed by atoms with van der Waals surface area (Å²) < 4.78 is 12.8. The van der Waals surface area contributed by atoms with E-state index in [1.807, 2.05) is 0 Å². The molecule has 0 aromatic rings. The van der Waals surface area contributed by atoms with Gasteiger partial charge in [0.15, 0.2) is 0 Å². The minimum absolute atomic E-state index is 0.192. The maximum Gasteiger partial charge on any atom is 0.0838 e. The Labute approximate surface area is 99.9 Å². The average Bonchev–Trinajstić information content (AvgIpc) is 2.72. The van der Waals surface area contributed by atoms with Crippen molar-refractivity contribution in [1.82, 2.24) is 0 Å². The van der Waals surface area contributed by atoms with Gasteiger partial charge in [-0.2, -0.15) is 0 Å². The highest BCUT2D eigenvalue weighted by atomic mass is 127. The number of halogens is 1. The van der Waals surface area contributed by atoms with Crippen LogP contribution in [0.5, 0.6) is 0 Å². The molecule has 2 fully saturated rings. The number of rotatable bonds is 3. The summed E-state index contributed by atoms with van der Waals surface area (Å²) in [5.41, 5.74) is 0.192. The van der Waals surface area contributed by atoms with Gasteiger partial charge in [0, 0.05) is 11.0 Å². The molecule has 0 radical (unpaired) electrons. The molecular formula is C11H19IO2. The first-order chi connectivity index (χ1) is 6.85. The molecule has 14 heavy (non-hydrogen) atoms. The quantitative estimate of drug-likeness (QED) is 0.589. The van der Waals surface area contributed by atoms with Crippen LogP contribution < -0.4 is 0 Å². The number of alkyl halides is 1. The summed E-state index contributed by atoms with van der Waals surface area (Å²) in [7, 11) is 0. The van der Waals surface area contributed by atoms with Gasteiger partial charge in [-0.25, -0.2) is 0 Å². The van der Waals surface area contributed by atoms with Gasteiger partial charge < -0.3 is 9.47 Å². The van der Waals surface area contributed by atoms with Crippen molar-refractivity contribution in [3.63, 3.8) is 0 Å². The predicted octanol–water partition coefficient (Wildman–Crippen LogP) is 2.93. The lowest BCUT2D eigenvalue weighted by Gasteiger charge is -2.37. The number of hydrogen-bond donors (Lipinski definition) is 0. The van der Waals surface area contributed by atoms with Crippen molar-refractivity contribution < 1.29 is 9.47 Å². The Morgan fingerprint density at radius 1 is 1.29 bits per heavy atom. The lowest BCUT2D eigenvalue weighted by Crippen LogP contribution is -2.40. The summed E-state index contributed by atoms with van der Waals surface area (Å²) in [6.07, 6.45) is 8.07. The van der Waals surface area contributed by atoms with Crippen LogP contribution in [0.2, 0.25) is 0 Å². The van der Waals surface area contributed by atoms with E-state index >= 15 is 0 Å². The fourth-order valence-corrected chi connectivity index (χ4v) is 3.38. The highest BCUT2D eigenvalue weighted by Crippen LogP contribution is 2.35. The summed E-state index contributed by atoms with van der Waals surface area (Å²) in [6, 6.07) is 0. The molecule has 2 nitrogen and oxygen atoms in total. The fourth-order valence-electron chi connectivity index (χ4n) is 2.44. The minimum Gasteiger partial charge on any atom is -0.379 e. The molecule has 1 aliphatic heterocycles. The molecule has 2 rings (SSSR count). The van der Waals surface area contributed by atoms with E-state index in [0.29, 0.717) is 6.10 Å². The van der Waals surface area contributed by atoms with Crippen molar-refractivity contribution in [2.24, 2.45) is 0 Å². The molecule has 0 aromatic carbocycles. The van der Waals surface area contributed by atoms with Crippen LogP contribution in [0.15, 0.2) is 0 Å². The number of ether oxygens (including phenoxy) is 2. The highest BCUT2D eigenvalue weighted by molar-refractivity contribution is 14.1. The van der Waals surface area contributed by atoms with Crippen molar-refractivity contribution >= 4 is 22.6 Å². The standard InChI is InChI=1S/C11H19IO2/c12-9-11(5-2-1-3-6-11)14-10-4-7-13-8-10/h10H,1-9H2. The van der Waals surface area contributed by atoms with Crippen LogP contribution in [-0.4, -0.2) is 29.3 Å². The monoisotopic (exact) mass is 310 g/mol. The molecule has 1 unspecified atom stereocenters. The van der Waals surface area contributed by atoms with Crippen LogP contribution >= 0.6 is 22.6 Å². The Morgan fingerprint density at radius 2 is 2.07 bits per heavy atom. The van der Waals surface area contributed by atoms with Crippen molar-refractivity contribution in [1.29, 1.82) is 0 Å². The molecule has 0 amide bonds. The van der Waals surface area contributed by atoms with Crippen LogP contribution in [0.25, 0.3) is 0 Å². The maximum absolute atomic E-state index is 6.26. The Kier molecular flexibility index (Phi) is 4.08. The van der Waals surface area contributed by atoms with E-state index in [1.165, 1.54) is 32.1 Å². The molecule has 1 aliphatic carbocycles. The smallest absolute Gasteiger partial charge is 0.0838 e. The first-order valence-corrected chi connectivity index (χ1v) is 7.19. The molecule has 1 saturated carbocycles. The lowest BCUT2D eigenvalue weighted by molar-refractivity contribution is -0.0966. The second kappa shape index (κ2) is 5.12. The third kappa shape index (κ3) is 2.61. The van der Waals surface area contributed by atoms with E-state index in [1.54, 1.807) is 0 Å². The Bertz CT molecular complexity index is 172. The topological polar surface area (TPSA) is 18.5 Å². The third-order valence-electron chi connectivity index (χ3n) is 3.31. The largest absolute Gasteiger partial charge is 0.379 e. The van der Waals surface area contributed by atoms with Crippen LogP contribution in [0.1, 0.15) is 38.5 Å². The van der Waals surface area contributed by atoms with Crippen LogP contribution in [-0.2, 0) is 9.47 Å². The van der Waals surface area contributed by atoms with Gasteiger partial charge >= 0.3 is 0 Å². The Morgan fingerprint density at radius 3 is 2.64 bits per heavy atom. The summed E-state index contributed by atoms with van der Waals surface area (Å²) in [6.45, 7) is 1.71. The molecule has 0 bridgehead atoms. The van der Waals surface area contributed by atoms with Crippen LogP contribution in [0, 0.1) is 0 Å².